The van der Waals surface area contributed by atoms with Gasteiger partial charge in [-0.25, -0.2) is 4.98 Å². The van der Waals surface area contributed by atoms with Crippen LogP contribution in [0.25, 0.3) is 0 Å². The van der Waals surface area contributed by atoms with Crippen molar-refractivity contribution in [1.82, 2.24) is 4.98 Å². The van der Waals surface area contributed by atoms with Gasteiger partial charge in [-0.05, 0) is 18.9 Å². The molecule has 0 saturated heterocycles. The molecule has 2 unspecified atom stereocenters. The summed E-state index contributed by atoms with van der Waals surface area (Å²) in [7, 11) is 1.79. The summed E-state index contributed by atoms with van der Waals surface area (Å²) in [5, 5.41) is 6.90. The second-order valence-corrected chi connectivity index (χ2v) is 5.83. The highest BCUT2D eigenvalue weighted by Gasteiger charge is 2.48. The minimum absolute atomic E-state index is 0.176. The highest BCUT2D eigenvalue weighted by molar-refractivity contribution is 5.53. The number of ether oxygens (including phenoxy) is 1. The van der Waals surface area contributed by atoms with E-state index in [2.05, 4.69) is 42.5 Å². The van der Waals surface area contributed by atoms with E-state index in [0.29, 0.717) is 12.1 Å². The van der Waals surface area contributed by atoms with Crippen molar-refractivity contribution in [3.05, 3.63) is 18.3 Å². The Morgan fingerprint density at radius 3 is 2.89 bits per heavy atom. The third-order valence-corrected chi connectivity index (χ3v) is 4.12. The maximum atomic E-state index is 5.48. The third kappa shape index (κ3) is 3.00. The molecule has 4 nitrogen and oxygen atoms in total. The molecule has 0 radical (unpaired) electrons. The van der Waals surface area contributed by atoms with Gasteiger partial charge in [-0.2, -0.15) is 0 Å². The summed E-state index contributed by atoms with van der Waals surface area (Å²) >= 11 is 0. The van der Waals surface area contributed by atoms with E-state index in [0.717, 1.165) is 30.9 Å². The number of anilines is 2. The lowest BCUT2D eigenvalue weighted by molar-refractivity contribution is -0.0794. The predicted octanol–water partition coefficient (Wildman–Crippen LogP) is 3.13. The molecule has 1 aliphatic carbocycles. The van der Waals surface area contributed by atoms with Crippen LogP contribution in [0.5, 0.6) is 0 Å². The molecule has 0 amide bonds. The average molecular weight is 263 g/mol. The van der Waals surface area contributed by atoms with Crippen LogP contribution in [0, 0.1) is 5.41 Å². The maximum Gasteiger partial charge on any atom is 0.127 e. The maximum absolute atomic E-state index is 5.48. The van der Waals surface area contributed by atoms with E-state index in [4.69, 9.17) is 4.74 Å². The van der Waals surface area contributed by atoms with Crippen LogP contribution in [0.2, 0.25) is 0 Å². The lowest BCUT2D eigenvalue weighted by atomic mass is 9.64. The molecule has 1 aliphatic rings. The summed E-state index contributed by atoms with van der Waals surface area (Å²) < 4.78 is 5.48. The highest BCUT2D eigenvalue weighted by Crippen LogP contribution is 2.44. The monoisotopic (exact) mass is 263 g/mol. The van der Waals surface area contributed by atoms with E-state index in [1.807, 2.05) is 12.3 Å². The number of rotatable bonds is 6. The molecule has 2 N–H and O–H groups in total. The predicted molar refractivity (Wildman–Crippen MR) is 79.6 cm³/mol. The van der Waals surface area contributed by atoms with Crippen LogP contribution in [0.1, 0.15) is 33.6 Å². The van der Waals surface area contributed by atoms with Gasteiger partial charge in [0.1, 0.15) is 5.82 Å². The van der Waals surface area contributed by atoms with Crippen molar-refractivity contribution in [3.8, 4) is 0 Å². The molecule has 0 aromatic carbocycles. The van der Waals surface area contributed by atoms with E-state index < -0.39 is 0 Å². The Morgan fingerprint density at radius 1 is 1.47 bits per heavy atom. The van der Waals surface area contributed by atoms with Gasteiger partial charge in [-0.3, -0.25) is 0 Å². The van der Waals surface area contributed by atoms with Gasteiger partial charge < -0.3 is 15.4 Å². The number of pyridine rings is 1. The van der Waals surface area contributed by atoms with Crippen LogP contribution in [0.4, 0.5) is 11.5 Å². The van der Waals surface area contributed by atoms with Crippen LogP contribution in [0.15, 0.2) is 18.3 Å². The Labute approximate surface area is 116 Å². The molecule has 1 heterocycles. The second-order valence-electron chi connectivity index (χ2n) is 5.83. The van der Waals surface area contributed by atoms with E-state index >= 15 is 0 Å². The van der Waals surface area contributed by atoms with Gasteiger partial charge in [0.25, 0.3) is 0 Å². The van der Waals surface area contributed by atoms with Gasteiger partial charge in [-0.1, -0.05) is 20.8 Å². The molecule has 19 heavy (non-hydrogen) atoms. The molecule has 106 valence electrons. The first-order valence-electron chi connectivity index (χ1n) is 7.07. The fourth-order valence-electron chi connectivity index (χ4n) is 2.60. The zero-order valence-corrected chi connectivity index (χ0v) is 12.4. The van der Waals surface area contributed by atoms with E-state index in [1.165, 1.54) is 0 Å². The number of nitrogens with zero attached hydrogens (tertiary/aromatic N) is 1. The topological polar surface area (TPSA) is 46.2 Å². The normalized spacial score (nSPS) is 24.6. The zero-order chi connectivity index (χ0) is 13.9. The molecule has 0 spiro atoms. The Bertz CT molecular complexity index is 420. The SMILES string of the molecule is CCCNc1cc(NC2CC(OC)C2(C)C)ccn1. The zero-order valence-electron chi connectivity index (χ0n) is 12.4. The molecule has 2 atom stereocenters. The fraction of sp³-hybridized carbons (Fsp3) is 0.667. The number of aromatic nitrogens is 1. The van der Waals surface area contributed by atoms with Crippen LogP contribution in [-0.2, 0) is 4.74 Å². The minimum atomic E-state index is 0.176. The van der Waals surface area contributed by atoms with Gasteiger partial charge in [0.05, 0.1) is 6.10 Å². The summed E-state index contributed by atoms with van der Waals surface area (Å²) in [6.07, 6.45) is 4.36. The minimum Gasteiger partial charge on any atom is -0.381 e. The summed E-state index contributed by atoms with van der Waals surface area (Å²) in [6.45, 7) is 7.60. The fourth-order valence-corrected chi connectivity index (χ4v) is 2.60. The Hall–Kier alpha value is -1.29. The molecule has 0 aliphatic heterocycles. The second kappa shape index (κ2) is 5.78. The largest absolute Gasteiger partial charge is 0.381 e. The lowest BCUT2D eigenvalue weighted by Gasteiger charge is -2.51. The van der Waals surface area contributed by atoms with Crippen molar-refractivity contribution < 1.29 is 4.74 Å². The first kappa shape index (κ1) is 14.1. The van der Waals surface area contributed by atoms with E-state index in [-0.39, 0.29) is 5.41 Å². The van der Waals surface area contributed by atoms with Gasteiger partial charge in [-0.15, -0.1) is 0 Å². The van der Waals surface area contributed by atoms with Gasteiger partial charge in [0, 0.05) is 43.1 Å². The van der Waals surface area contributed by atoms with Crippen molar-refractivity contribution in [1.29, 1.82) is 0 Å². The van der Waals surface area contributed by atoms with Gasteiger partial charge in [0.2, 0.25) is 0 Å². The molecular formula is C15H25N3O. The van der Waals surface area contributed by atoms with Crippen LogP contribution in [-0.4, -0.2) is 30.8 Å². The van der Waals surface area contributed by atoms with Crippen LogP contribution >= 0.6 is 0 Å². The average Bonchev–Trinajstić information content (AvgIpc) is 2.41. The molecule has 4 heteroatoms. The van der Waals surface area contributed by atoms with Crippen molar-refractivity contribution >= 4 is 11.5 Å². The Kier molecular flexibility index (Phi) is 4.30. The molecule has 2 rings (SSSR count). The van der Waals surface area contributed by atoms with Crippen molar-refractivity contribution in [2.24, 2.45) is 5.41 Å². The number of hydrogen-bond donors (Lipinski definition) is 2. The molecule has 1 fully saturated rings. The lowest BCUT2D eigenvalue weighted by Crippen LogP contribution is -2.57. The van der Waals surface area contributed by atoms with Crippen LogP contribution in [0.3, 0.4) is 0 Å². The molecular weight excluding hydrogens is 238 g/mol. The van der Waals surface area contributed by atoms with Crippen LogP contribution < -0.4 is 10.6 Å². The van der Waals surface area contributed by atoms with Crippen molar-refractivity contribution in [2.75, 3.05) is 24.3 Å². The molecule has 1 saturated carbocycles. The smallest absolute Gasteiger partial charge is 0.127 e. The van der Waals surface area contributed by atoms with Gasteiger partial charge >= 0.3 is 0 Å². The number of nitrogens with one attached hydrogen (secondary N) is 2. The number of hydrogen-bond acceptors (Lipinski definition) is 4. The standard InChI is InChI=1S/C15H25N3O/c1-5-7-16-14-9-11(6-8-17-14)18-12-10-13(19-4)15(12,2)3/h6,8-9,12-13H,5,7,10H2,1-4H3,(H2,16,17,18). The third-order valence-electron chi connectivity index (χ3n) is 4.12. The number of methoxy groups -OCH3 is 1. The van der Waals surface area contributed by atoms with Gasteiger partial charge in [0.15, 0.2) is 0 Å². The summed E-state index contributed by atoms with van der Waals surface area (Å²) in [4.78, 5) is 4.32. The molecule has 0 bridgehead atoms. The van der Waals surface area contributed by atoms with E-state index in [1.54, 1.807) is 7.11 Å². The summed E-state index contributed by atoms with van der Waals surface area (Å²) in [6, 6.07) is 4.55. The first-order chi connectivity index (χ1) is 9.07. The quantitative estimate of drug-likeness (QED) is 0.827. The highest BCUT2D eigenvalue weighted by atomic mass is 16.5. The van der Waals surface area contributed by atoms with E-state index in [9.17, 15) is 0 Å². The molecule has 1 aromatic rings. The Balaban J connectivity index is 1.96. The molecule has 1 aromatic heterocycles. The first-order valence-corrected chi connectivity index (χ1v) is 7.07. The summed E-state index contributed by atoms with van der Waals surface area (Å²) in [5.74, 6) is 0.937. The Morgan fingerprint density at radius 2 is 2.26 bits per heavy atom. The van der Waals surface area contributed by atoms with Crippen molar-refractivity contribution in [2.45, 2.75) is 45.8 Å². The van der Waals surface area contributed by atoms with Crippen molar-refractivity contribution in [3.63, 3.8) is 0 Å². The summed E-state index contributed by atoms with van der Waals surface area (Å²) in [5.41, 5.74) is 1.30.